The Labute approximate surface area is 116 Å². The number of carbonyl (C=O) groups excluding carboxylic acids is 2. The lowest BCUT2D eigenvalue weighted by molar-refractivity contribution is -0.148. The predicted molar refractivity (Wildman–Crippen MR) is 66.7 cm³/mol. The van der Waals surface area contributed by atoms with Crippen molar-refractivity contribution in [1.29, 1.82) is 0 Å². The van der Waals surface area contributed by atoms with E-state index in [-0.39, 0.29) is 6.54 Å². The third-order valence-electron chi connectivity index (χ3n) is 4.10. The van der Waals surface area contributed by atoms with Crippen molar-refractivity contribution < 1.29 is 29.6 Å². The fourth-order valence-corrected chi connectivity index (χ4v) is 2.76. The number of nitrogens with zero attached hydrogens (tertiary/aromatic N) is 1. The van der Waals surface area contributed by atoms with Gasteiger partial charge in [-0.05, 0) is 13.8 Å². The second-order valence-corrected chi connectivity index (χ2v) is 5.45. The molecule has 0 spiro atoms. The second kappa shape index (κ2) is 5.28. The van der Waals surface area contributed by atoms with Gasteiger partial charge in [-0.15, -0.1) is 0 Å². The number of amides is 3. The number of hydrogen-bond donors (Lipinski definition) is 4. The van der Waals surface area contributed by atoms with E-state index in [1.807, 2.05) is 0 Å². The van der Waals surface area contributed by atoms with Crippen LogP contribution in [0.25, 0.3) is 0 Å². The minimum atomic E-state index is -1.30. The average Bonchev–Trinajstić information content (AvgIpc) is 2.71. The number of hydrogen-bond acceptors (Lipinski definition) is 6. The highest BCUT2D eigenvalue weighted by atomic mass is 16.6. The highest BCUT2D eigenvalue weighted by molar-refractivity contribution is 6.00. The largest absolute Gasteiger partial charge is 0.394 e. The van der Waals surface area contributed by atoms with Crippen LogP contribution >= 0.6 is 0 Å². The van der Waals surface area contributed by atoms with E-state index in [0.29, 0.717) is 6.54 Å². The van der Waals surface area contributed by atoms with Crippen LogP contribution in [0.2, 0.25) is 0 Å². The molecule has 0 aromatic carbocycles. The van der Waals surface area contributed by atoms with Crippen LogP contribution in [0.5, 0.6) is 0 Å². The van der Waals surface area contributed by atoms with Crippen molar-refractivity contribution in [2.75, 3.05) is 19.7 Å². The lowest BCUT2D eigenvalue weighted by atomic mass is 9.78. The van der Waals surface area contributed by atoms with Gasteiger partial charge in [-0.2, -0.15) is 0 Å². The molecule has 2 aliphatic heterocycles. The van der Waals surface area contributed by atoms with Crippen molar-refractivity contribution in [3.05, 3.63) is 0 Å². The molecule has 8 nitrogen and oxygen atoms in total. The summed E-state index contributed by atoms with van der Waals surface area (Å²) in [5.74, 6) is -0.554. The maximum Gasteiger partial charge on any atom is 0.324 e. The Morgan fingerprint density at radius 1 is 1.40 bits per heavy atom. The average molecular weight is 288 g/mol. The number of nitrogens with one attached hydrogen (secondary N) is 1. The molecular formula is C12H20N2O6. The molecule has 2 aliphatic rings. The lowest BCUT2D eigenvalue weighted by Gasteiger charge is -2.42. The molecule has 20 heavy (non-hydrogen) atoms. The van der Waals surface area contributed by atoms with Gasteiger partial charge in [0.05, 0.1) is 12.0 Å². The van der Waals surface area contributed by atoms with Gasteiger partial charge in [0.15, 0.2) is 0 Å². The van der Waals surface area contributed by atoms with Crippen molar-refractivity contribution >= 4 is 11.9 Å². The number of carbonyl (C=O) groups is 2. The summed E-state index contributed by atoms with van der Waals surface area (Å²) in [6, 6.07) is -0.485. The van der Waals surface area contributed by atoms with Crippen LogP contribution < -0.4 is 5.32 Å². The molecule has 2 saturated heterocycles. The van der Waals surface area contributed by atoms with Gasteiger partial charge in [0, 0.05) is 13.1 Å². The Morgan fingerprint density at radius 2 is 2.05 bits per heavy atom. The number of imide groups is 1. The van der Waals surface area contributed by atoms with E-state index in [2.05, 4.69) is 5.32 Å². The van der Waals surface area contributed by atoms with E-state index in [1.54, 1.807) is 13.8 Å². The summed E-state index contributed by atoms with van der Waals surface area (Å²) in [5, 5.41) is 31.2. The van der Waals surface area contributed by atoms with Crippen LogP contribution in [0, 0.1) is 5.41 Å². The van der Waals surface area contributed by atoms with Crippen LogP contribution in [0.1, 0.15) is 13.8 Å². The predicted octanol–water partition coefficient (Wildman–Crippen LogP) is -1.95. The van der Waals surface area contributed by atoms with Crippen molar-refractivity contribution in [3.63, 3.8) is 0 Å². The Bertz CT molecular complexity index is 417. The summed E-state index contributed by atoms with van der Waals surface area (Å²) < 4.78 is 5.43. The van der Waals surface area contributed by atoms with Gasteiger partial charge in [-0.25, -0.2) is 4.79 Å². The van der Waals surface area contributed by atoms with Crippen molar-refractivity contribution in [2.45, 2.75) is 38.3 Å². The Morgan fingerprint density at radius 3 is 2.55 bits per heavy atom. The SMILES string of the molecule is CCN1CC(C)([C@@H]2O[C@H](CO)[C@@H](O)[C@H]2O)C(=O)NC1=O. The quantitative estimate of drug-likeness (QED) is 0.479. The first-order valence-electron chi connectivity index (χ1n) is 6.58. The number of ether oxygens (including phenoxy) is 1. The Kier molecular flexibility index (Phi) is 4.01. The maximum atomic E-state index is 12.1. The summed E-state index contributed by atoms with van der Waals surface area (Å²) >= 11 is 0. The zero-order valence-electron chi connectivity index (χ0n) is 11.4. The van der Waals surface area contributed by atoms with Gasteiger partial charge >= 0.3 is 6.03 Å². The van der Waals surface area contributed by atoms with Crippen molar-refractivity contribution in [2.24, 2.45) is 5.41 Å². The van der Waals surface area contributed by atoms with Crippen molar-refractivity contribution in [1.82, 2.24) is 10.2 Å². The first-order valence-corrected chi connectivity index (χ1v) is 6.58. The Balaban J connectivity index is 2.25. The number of aliphatic hydroxyl groups is 3. The van der Waals surface area contributed by atoms with Gasteiger partial charge in [0.1, 0.15) is 24.4 Å². The molecule has 2 heterocycles. The fraction of sp³-hybridized carbons (Fsp3) is 0.833. The standard InChI is InChI=1S/C12H20N2O6/c1-3-14-5-12(2,10(18)13-11(14)19)9-8(17)7(16)6(4-15)20-9/h6-9,15-17H,3-5H2,1-2H3,(H,13,18,19)/t6-,7-,8-,9-,12?/m1/s1. The zero-order valence-corrected chi connectivity index (χ0v) is 11.4. The molecule has 5 atom stereocenters. The van der Waals surface area contributed by atoms with E-state index in [1.165, 1.54) is 4.90 Å². The topological polar surface area (TPSA) is 119 Å². The highest BCUT2D eigenvalue weighted by Gasteiger charge is 2.57. The number of rotatable bonds is 3. The number of urea groups is 1. The summed E-state index contributed by atoms with van der Waals surface area (Å²) in [6.07, 6.45) is -4.48. The fourth-order valence-electron chi connectivity index (χ4n) is 2.76. The van der Waals surface area contributed by atoms with E-state index in [4.69, 9.17) is 9.84 Å². The third-order valence-corrected chi connectivity index (χ3v) is 4.10. The minimum absolute atomic E-state index is 0.0841. The van der Waals surface area contributed by atoms with E-state index in [9.17, 15) is 19.8 Å². The van der Waals surface area contributed by atoms with Crippen LogP contribution in [-0.2, 0) is 9.53 Å². The lowest BCUT2D eigenvalue weighted by Crippen LogP contribution is -2.64. The smallest absolute Gasteiger partial charge is 0.324 e. The molecule has 1 unspecified atom stereocenters. The molecule has 0 aliphatic carbocycles. The summed E-state index contributed by atoms with van der Waals surface area (Å²) in [4.78, 5) is 25.2. The summed E-state index contributed by atoms with van der Waals surface area (Å²) in [7, 11) is 0. The van der Waals surface area contributed by atoms with Crippen molar-refractivity contribution in [3.8, 4) is 0 Å². The molecule has 3 amide bonds. The van der Waals surface area contributed by atoms with E-state index >= 15 is 0 Å². The molecule has 8 heteroatoms. The molecule has 0 radical (unpaired) electrons. The molecule has 0 bridgehead atoms. The molecule has 114 valence electrons. The van der Waals surface area contributed by atoms with Gasteiger partial charge < -0.3 is 25.0 Å². The zero-order chi connectivity index (χ0) is 15.1. The molecule has 4 N–H and O–H groups in total. The molecular weight excluding hydrogens is 268 g/mol. The van der Waals surface area contributed by atoms with Gasteiger partial charge in [-0.1, -0.05) is 0 Å². The third kappa shape index (κ3) is 2.18. The van der Waals surface area contributed by atoms with Crippen LogP contribution in [0.4, 0.5) is 4.79 Å². The Hall–Kier alpha value is -1.22. The first-order chi connectivity index (χ1) is 9.35. The minimum Gasteiger partial charge on any atom is -0.394 e. The molecule has 0 saturated carbocycles. The molecule has 2 rings (SSSR count). The van der Waals surface area contributed by atoms with E-state index < -0.39 is 48.4 Å². The van der Waals surface area contributed by atoms with Gasteiger partial charge in [0.2, 0.25) is 5.91 Å². The highest BCUT2D eigenvalue weighted by Crippen LogP contribution is 2.37. The summed E-state index contributed by atoms with van der Waals surface area (Å²) in [6.45, 7) is 3.37. The summed E-state index contributed by atoms with van der Waals surface area (Å²) in [5.41, 5.74) is -1.19. The number of aliphatic hydroxyl groups excluding tert-OH is 3. The maximum absolute atomic E-state index is 12.1. The van der Waals surface area contributed by atoms with Gasteiger partial charge in [-0.3, -0.25) is 10.1 Å². The monoisotopic (exact) mass is 288 g/mol. The second-order valence-electron chi connectivity index (χ2n) is 5.45. The van der Waals surface area contributed by atoms with Crippen LogP contribution in [0.3, 0.4) is 0 Å². The van der Waals surface area contributed by atoms with Crippen LogP contribution in [-0.4, -0.2) is 76.3 Å². The molecule has 0 aromatic rings. The van der Waals surface area contributed by atoms with Crippen LogP contribution in [0.15, 0.2) is 0 Å². The first kappa shape index (κ1) is 15.2. The normalized spacial score (nSPS) is 42.0. The van der Waals surface area contributed by atoms with E-state index in [0.717, 1.165) is 0 Å². The molecule has 0 aromatic heterocycles. The van der Waals surface area contributed by atoms with Gasteiger partial charge in [0.25, 0.3) is 0 Å². The molecule has 2 fully saturated rings.